The second-order valence-electron chi connectivity index (χ2n) is 4.32. The van der Waals surface area contributed by atoms with Crippen molar-refractivity contribution in [2.24, 2.45) is 0 Å². The highest BCUT2D eigenvalue weighted by Crippen LogP contribution is 2.21. The summed E-state index contributed by atoms with van der Waals surface area (Å²) in [5.74, 6) is 0.529. The minimum absolute atomic E-state index is 0.120. The first kappa shape index (κ1) is 15.8. The Morgan fingerprint density at radius 1 is 1.42 bits per heavy atom. The standard InChI is InChI=1S/C14H21ClN2O2/c1-4-16-7-8-17-14(18)11(3)19-12-5-6-13(15)10(2)9-12/h5-6,9,11,16H,4,7-8H2,1-3H3,(H,17,18). The number of carbonyl (C=O) groups excluding carboxylic acids is 1. The van der Waals surface area contributed by atoms with Crippen LogP contribution < -0.4 is 15.4 Å². The van der Waals surface area contributed by atoms with E-state index in [9.17, 15) is 4.79 Å². The van der Waals surface area contributed by atoms with E-state index in [1.807, 2.05) is 19.9 Å². The van der Waals surface area contributed by atoms with Crippen LogP contribution in [0.3, 0.4) is 0 Å². The Morgan fingerprint density at radius 3 is 2.79 bits per heavy atom. The van der Waals surface area contributed by atoms with Gasteiger partial charge >= 0.3 is 0 Å². The van der Waals surface area contributed by atoms with Crippen molar-refractivity contribution in [2.45, 2.75) is 26.9 Å². The Kier molecular flexibility index (Phi) is 6.67. The van der Waals surface area contributed by atoms with Crippen LogP contribution >= 0.6 is 11.6 Å². The Labute approximate surface area is 119 Å². The first-order valence-electron chi connectivity index (χ1n) is 6.45. The maximum atomic E-state index is 11.8. The zero-order valence-corrected chi connectivity index (χ0v) is 12.4. The molecular weight excluding hydrogens is 264 g/mol. The van der Waals surface area contributed by atoms with Gasteiger partial charge in [0.1, 0.15) is 5.75 Å². The van der Waals surface area contributed by atoms with E-state index < -0.39 is 6.10 Å². The number of hydrogen-bond donors (Lipinski definition) is 2. The molecule has 4 nitrogen and oxygen atoms in total. The molecule has 106 valence electrons. The molecule has 5 heteroatoms. The number of rotatable bonds is 7. The molecule has 1 atom stereocenters. The van der Waals surface area contributed by atoms with Crippen molar-refractivity contribution in [3.8, 4) is 5.75 Å². The molecular formula is C14H21ClN2O2. The monoisotopic (exact) mass is 284 g/mol. The normalized spacial score (nSPS) is 12.0. The van der Waals surface area contributed by atoms with Gasteiger partial charge in [-0.25, -0.2) is 0 Å². The summed E-state index contributed by atoms with van der Waals surface area (Å²) in [5.41, 5.74) is 0.930. The second kappa shape index (κ2) is 8.02. The van der Waals surface area contributed by atoms with Gasteiger partial charge in [-0.1, -0.05) is 18.5 Å². The summed E-state index contributed by atoms with van der Waals surface area (Å²) in [4.78, 5) is 11.8. The topological polar surface area (TPSA) is 50.4 Å². The van der Waals surface area contributed by atoms with Gasteiger partial charge in [-0.2, -0.15) is 0 Å². The molecule has 1 rings (SSSR count). The van der Waals surface area contributed by atoms with E-state index >= 15 is 0 Å². The number of likely N-dealkylation sites (N-methyl/N-ethyl adjacent to an activating group) is 1. The van der Waals surface area contributed by atoms with Crippen LogP contribution in [0.4, 0.5) is 0 Å². The second-order valence-corrected chi connectivity index (χ2v) is 4.72. The molecule has 0 fully saturated rings. The van der Waals surface area contributed by atoms with Gasteiger partial charge in [0.25, 0.3) is 5.91 Å². The van der Waals surface area contributed by atoms with Gasteiger partial charge in [-0.15, -0.1) is 0 Å². The number of amides is 1. The number of carbonyl (C=O) groups is 1. The number of nitrogens with one attached hydrogen (secondary N) is 2. The average Bonchev–Trinajstić information content (AvgIpc) is 2.38. The fourth-order valence-corrected chi connectivity index (χ4v) is 1.66. The van der Waals surface area contributed by atoms with Gasteiger partial charge in [0.15, 0.2) is 6.10 Å². The summed E-state index contributed by atoms with van der Waals surface area (Å²) in [6.45, 7) is 7.90. The molecule has 19 heavy (non-hydrogen) atoms. The third-order valence-electron chi connectivity index (χ3n) is 2.66. The molecule has 0 aliphatic heterocycles. The minimum Gasteiger partial charge on any atom is -0.481 e. The SMILES string of the molecule is CCNCCNC(=O)C(C)Oc1ccc(Cl)c(C)c1. The highest BCUT2D eigenvalue weighted by atomic mass is 35.5. The van der Waals surface area contributed by atoms with Crippen LogP contribution in [0.1, 0.15) is 19.4 Å². The number of halogens is 1. The summed E-state index contributed by atoms with van der Waals surface area (Å²) in [5, 5.41) is 6.64. The lowest BCUT2D eigenvalue weighted by Crippen LogP contribution is -2.39. The quantitative estimate of drug-likeness (QED) is 0.754. The van der Waals surface area contributed by atoms with E-state index in [2.05, 4.69) is 10.6 Å². The molecule has 0 radical (unpaired) electrons. The molecule has 0 saturated carbocycles. The molecule has 0 bridgehead atoms. The largest absolute Gasteiger partial charge is 0.481 e. The van der Waals surface area contributed by atoms with E-state index in [1.54, 1.807) is 19.1 Å². The van der Waals surface area contributed by atoms with Crippen molar-refractivity contribution in [3.05, 3.63) is 28.8 Å². The van der Waals surface area contributed by atoms with Crippen molar-refractivity contribution in [3.63, 3.8) is 0 Å². The fourth-order valence-electron chi connectivity index (χ4n) is 1.54. The zero-order valence-electron chi connectivity index (χ0n) is 11.6. The Morgan fingerprint density at radius 2 is 2.16 bits per heavy atom. The average molecular weight is 285 g/mol. The molecule has 1 aromatic carbocycles. The lowest BCUT2D eigenvalue weighted by molar-refractivity contribution is -0.127. The number of ether oxygens (including phenoxy) is 1. The van der Waals surface area contributed by atoms with Crippen LogP contribution in [0.2, 0.25) is 5.02 Å². The van der Waals surface area contributed by atoms with Gasteiger partial charge in [0, 0.05) is 18.1 Å². The van der Waals surface area contributed by atoms with E-state index in [0.29, 0.717) is 17.3 Å². The van der Waals surface area contributed by atoms with Crippen LogP contribution in [0.25, 0.3) is 0 Å². The third-order valence-corrected chi connectivity index (χ3v) is 3.09. The zero-order chi connectivity index (χ0) is 14.3. The predicted molar refractivity (Wildman–Crippen MR) is 77.8 cm³/mol. The smallest absolute Gasteiger partial charge is 0.260 e. The van der Waals surface area contributed by atoms with Gasteiger partial charge in [-0.3, -0.25) is 4.79 Å². The van der Waals surface area contributed by atoms with Crippen LogP contribution in [0.5, 0.6) is 5.75 Å². The predicted octanol–water partition coefficient (Wildman–Crippen LogP) is 2.14. The summed E-state index contributed by atoms with van der Waals surface area (Å²) in [6, 6.07) is 5.35. The number of aryl methyl sites for hydroxylation is 1. The molecule has 0 aliphatic carbocycles. The molecule has 0 aliphatic rings. The lowest BCUT2D eigenvalue weighted by atomic mass is 10.2. The molecule has 0 aromatic heterocycles. The van der Waals surface area contributed by atoms with Crippen molar-refractivity contribution >= 4 is 17.5 Å². The summed E-state index contributed by atoms with van der Waals surface area (Å²) >= 11 is 5.94. The highest BCUT2D eigenvalue weighted by Gasteiger charge is 2.14. The van der Waals surface area contributed by atoms with Crippen LogP contribution in [-0.4, -0.2) is 31.6 Å². The van der Waals surface area contributed by atoms with Gasteiger partial charge < -0.3 is 15.4 Å². The fraction of sp³-hybridized carbons (Fsp3) is 0.500. The highest BCUT2D eigenvalue weighted by molar-refractivity contribution is 6.31. The summed E-state index contributed by atoms with van der Waals surface area (Å²) < 4.78 is 5.58. The maximum absolute atomic E-state index is 11.8. The molecule has 0 saturated heterocycles. The maximum Gasteiger partial charge on any atom is 0.260 e. The molecule has 1 amide bonds. The van der Waals surface area contributed by atoms with Crippen molar-refractivity contribution in [2.75, 3.05) is 19.6 Å². The van der Waals surface area contributed by atoms with Crippen molar-refractivity contribution < 1.29 is 9.53 Å². The van der Waals surface area contributed by atoms with Crippen LogP contribution in [0, 0.1) is 6.92 Å². The molecule has 0 heterocycles. The van der Waals surface area contributed by atoms with E-state index in [-0.39, 0.29) is 5.91 Å². The number of hydrogen-bond acceptors (Lipinski definition) is 3. The van der Waals surface area contributed by atoms with E-state index in [0.717, 1.165) is 18.7 Å². The van der Waals surface area contributed by atoms with E-state index in [1.165, 1.54) is 0 Å². The first-order valence-corrected chi connectivity index (χ1v) is 6.83. The molecule has 1 aromatic rings. The van der Waals surface area contributed by atoms with Crippen LogP contribution in [-0.2, 0) is 4.79 Å². The molecule has 2 N–H and O–H groups in total. The Hall–Kier alpha value is -1.26. The molecule has 1 unspecified atom stereocenters. The van der Waals surface area contributed by atoms with Gasteiger partial charge in [-0.05, 0) is 44.2 Å². The minimum atomic E-state index is -0.526. The summed E-state index contributed by atoms with van der Waals surface area (Å²) in [6.07, 6.45) is -0.526. The first-order chi connectivity index (χ1) is 9.04. The molecule has 0 spiro atoms. The van der Waals surface area contributed by atoms with Crippen molar-refractivity contribution in [1.29, 1.82) is 0 Å². The van der Waals surface area contributed by atoms with Crippen molar-refractivity contribution in [1.82, 2.24) is 10.6 Å². The van der Waals surface area contributed by atoms with E-state index in [4.69, 9.17) is 16.3 Å². The third kappa shape index (κ3) is 5.49. The van der Waals surface area contributed by atoms with Crippen LogP contribution in [0.15, 0.2) is 18.2 Å². The Bertz CT molecular complexity index is 424. The van der Waals surface area contributed by atoms with Gasteiger partial charge in [0.2, 0.25) is 0 Å². The number of benzene rings is 1. The van der Waals surface area contributed by atoms with Gasteiger partial charge in [0.05, 0.1) is 0 Å². The summed E-state index contributed by atoms with van der Waals surface area (Å²) in [7, 11) is 0. The Balaban J connectivity index is 2.42. The lowest BCUT2D eigenvalue weighted by Gasteiger charge is -2.15.